The lowest BCUT2D eigenvalue weighted by Gasteiger charge is -2.39. The summed E-state index contributed by atoms with van der Waals surface area (Å²) in [5.41, 5.74) is 0. The molecule has 3 fully saturated rings. The predicted octanol–water partition coefficient (Wildman–Crippen LogP) is 1.76. The summed E-state index contributed by atoms with van der Waals surface area (Å²) in [5.74, 6) is 0. The third-order valence-electron chi connectivity index (χ3n) is 4.80. The molecule has 2 amide bonds. The quantitative estimate of drug-likeness (QED) is 0.710. The molecule has 4 heteroatoms. The van der Waals surface area contributed by atoms with Gasteiger partial charge in [0.25, 0.3) is 0 Å². The van der Waals surface area contributed by atoms with Gasteiger partial charge in [0.15, 0.2) is 0 Å². The molecule has 0 radical (unpaired) electrons. The lowest BCUT2D eigenvalue weighted by Crippen LogP contribution is -2.54. The van der Waals surface area contributed by atoms with E-state index in [1.807, 2.05) is 4.90 Å². The van der Waals surface area contributed by atoms with Crippen molar-refractivity contribution in [3.05, 3.63) is 0 Å². The van der Waals surface area contributed by atoms with E-state index in [4.69, 9.17) is 0 Å². The van der Waals surface area contributed by atoms with Crippen LogP contribution >= 0.6 is 0 Å². The molecule has 1 aliphatic carbocycles. The van der Waals surface area contributed by atoms with E-state index in [1.54, 1.807) is 0 Å². The molecular weight excluding hydrogens is 226 g/mol. The van der Waals surface area contributed by atoms with Crippen LogP contribution in [0.4, 0.5) is 4.79 Å². The first-order chi connectivity index (χ1) is 8.84. The van der Waals surface area contributed by atoms with Crippen molar-refractivity contribution in [1.29, 1.82) is 0 Å². The number of urea groups is 1. The monoisotopic (exact) mass is 251 g/mol. The summed E-state index contributed by atoms with van der Waals surface area (Å²) in [4.78, 5) is 19.0. The van der Waals surface area contributed by atoms with Gasteiger partial charge in [0, 0.05) is 45.3 Å². The highest BCUT2D eigenvalue weighted by molar-refractivity contribution is 5.74. The Morgan fingerprint density at radius 2 is 1.28 bits per heavy atom. The molecule has 0 spiro atoms. The lowest BCUT2D eigenvalue weighted by atomic mass is 10.2. The summed E-state index contributed by atoms with van der Waals surface area (Å²) in [6.07, 6.45) is 7.93. The molecule has 102 valence electrons. The Hall–Kier alpha value is -0.770. The minimum atomic E-state index is 0.290. The zero-order valence-electron chi connectivity index (χ0n) is 11.3. The Balaban J connectivity index is 1.48. The Morgan fingerprint density at radius 3 is 1.89 bits per heavy atom. The van der Waals surface area contributed by atoms with Crippen LogP contribution < -0.4 is 0 Å². The van der Waals surface area contributed by atoms with E-state index in [1.165, 1.54) is 38.5 Å². The topological polar surface area (TPSA) is 26.8 Å². The van der Waals surface area contributed by atoms with Crippen molar-refractivity contribution < 1.29 is 4.79 Å². The van der Waals surface area contributed by atoms with Crippen LogP contribution in [0.3, 0.4) is 0 Å². The van der Waals surface area contributed by atoms with Crippen molar-refractivity contribution in [3.63, 3.8) is 0 Å². The Morgan fingerprint density at radius 1 is 0.722 bits per heavy atom. The summed E-state index contributed by atoms with van der Waals surface area (Å²) in [7, 11) is 0. The van der Waals surface area contributed by atoms with Gasteiger partial charge in [-0.05, 0) is 25.7 Å². The van der Waals surface area contributed by atoms with Crippen LogP contribution in [0.2, 0.25) is 0 Å². The number of carbonyl (C=O) groups is 1. The van der Waals surface area contributed by atoms with Crippen LogP contribution in [0.15, 0.2) is 0 Å². The summed E-state index contributed by atoms with van der Waals surface area (Å²) >= 11 is 0. The summed E-state index contributed by atoms with van der Waals surface area (Å²) in [6, 6.07) is 1.10. The molecule has 3 rings (SSSR count). The number of piperazine rings is 1. The molecule has 0 bridgehead atoms. The van der Waals surface area contributed by atoms with Crippen LogP contribution in [0.25, 0.3) is 0 Å². The predicted molar refractivity (Wildman–Crippen MR) is 71.6 cm³/mol. The molecule has 4 nitrogen and oxygen atoms in total. The van der Waals surface area contributed by atoms with Crippen LogP contribution in [0.1, 0.15) is 38.5 Å². The highest BCUT2D eigenvalue weighted by atomic mass is 16.2. The molecule has 3 aliphatic rings. The van der Waals surface area contributed by atoms with Crippen molar-refractivity contribution in [2.24, 2.45) is 0 Å². The van der Waals surface area contributed by atoms with E-state index in [0.717, 1.165) is 45.3 Å². The van der Waals surface area contributed by atoms with Crippen LogP contribution in [0.5, 0.6) is 0 Å². The van der Waals surface area contributed by atoms with Crippen LogP contribution in [-0.4, -0.2) is 66.0 Å². The first-order valence-corrected chi connectivity index (χ1v) is 7.62. The molecule has 0 aromatic rings. The molecule has 2 aliphatic heterocycles. The van der Waals surface area contributed by atoms with Gasteiger partial charge in [-0.15, -0.1) is 0 Å². The van der Waals surface area contributed by atoms with Gasteiger partial charge in [-0.2, -0.15) is 0 Å². The molecule has 1 saturated carbocycles. The van der Waals surface area contributed by atoms with Crippen molar-refractivity contribution in [1.82, 2.24) is 14.7 Å². The molecule has 2 heterocycles. The Kier molecular flexibility index (Phi) is 3.73. The highest BCUT2D eigenvalue weighted by Crippen LogP contribution is 2.24. The van der Waals surface area contributed by atoms with Gasteiger partial charge in [0.05, 0.1) is 0 Å². The molecule has 0 aromatic heterocycles. The maximum atomic E-state index is 12.3. The normalized spacial score (nSPS) is 27.1. The molecular formula is C14H25N3O. The number of carbonyl (C=O) groups excluding carboxylic acids is 1. The van der Waals surface area contributed by atoms with Crippen molar-refractivity contribution in [2.75, 3.05) is 39.3 Å². The van der Waals surface area contributed by atoms with Crippen LogP contribution in [-0.2, 0) is 0 Å². The number of likely N-dealkylation sites (tertiary alicyclic amines) is 1. The molecule has 2 saturated heterocycles. The average Bonchev–Trinajstić information content (AvgIpc) is 3.11. The van der Waals surface area contributed by atoms with E-state index in [9.17, 15) is 4.79 Å². The van der Waals surface area contributed by atoms with Gasteiger partial charge in [-0.25, -0.2) is 4.79 Å². The van der Waals surface area contributed by atoms with Gasteiger partial charge in [-0.3, -0.25) is 4.90 Å². The lowest BCUT2D eigenvalue weighted by molar-refractivity contribution is 0.0956. The Labute approximate surface area is 110 Å². The zero-order chi connectivity index (χ0) is 12.4. The second-order valence-electron chi connectivity index (χ2n) is 5.94. The number of hydrogen-bond acceptors (Lipinski definition) is 2. The molecule has 18 heavy (non-hydrogen) atoms. The third-order valence-corrected chi connectivity index (χ3v) is 4.80. The van der Waals surface area contributed by atoms with Gasteiger partial charge in [0.2, 0.25) is 0 Å². The molecule has 0 N–H and O–H groups in total. The largest absolute Gasteiger partial charge is 0.325 e. The maximum absolute atomic E-state index is 12.3. The van der Waals surface area contributed by atoms with Gasteiger partial charge in [-0.1, -0.05) is 12.8 Å². The second-order valence-corrected chi connectivity index (χ2v) is 5.94. The smallest absolute Gasteiger partial charge is 0.320 e. The highest BCUT2D eigenvalue weighted by Gasteiger charge is 2.30. The summed E-state index contributed by atoms with van der Waals surface area (Å²) in [5, 5.41) is 0. The number of rotatable bonds is 1. The van der Waals surface area contributed by atoms with Gasteiger partial charge in [0.1, 0.15) is 0 Å². The average molecular weight is 251 g/mol. The zero-order valence-corrected chi connectivity index (χ0v) is 11.3. The SMILES string of the molecule is O=C(N1CCCC1)N1CCN(C2CCCC2)CC1. The maximum Gasteiger partial charge on any atom is 0.320 e. The Bertz CT molecular complexity index is 287. The third kappa shape index (κ3) is 2.48. The van der Waals surface area contributed by atoms with Crippen molar-refractivity contribution in [3.8, 4) is 0 Å². The van der Waals surface area contributed by atoms with Crippen molar-refractivity contribution >= 4 is 6.03 Å². The fourth-order valence-corrected chi connectivity index (χ4v) is 3.66. The fraction of sp³-hybridized carbons (Fsp3) is 0.929. The van der Waals surface area contributed by atoms with E-state index in [-0.39, 0.29) is 0 Å². The minimum absolute atomic E-state index is 0.290. The summed E-state index contributed by atoms with van der Waals surface area (Å²) in [6.45, 7) is 6.00. The van der Waals surface area contributed by atoms with Crippen LogP contribution in [0, 0.1) is 0 Å². The summed E-state index contributed by atoms with van der Waals surface area (Å²) < 4.78 is 0. The standard InChI is InChI=1S/C14H25N3O/c18-14(16-7-3-4-8-16)17-11-9-15(10-12-17)13-5-1-2-6-13/h13H,1-12H2. The molecule has 0 unspecified atom stereocenters. The first-order valence-electron chi connectivity index (χ1n) is 7.62. The van der Waals surface area contributed by atoms with E-state index >= 15 is 0 Å². The molecule has 0 aromatic carbocycles. The van der Waals surface area contributed by atoms with E-state index in [2.05, 4.69) is 9.80 Å². The van der Waals surface area contributed by atoms with E-state index < -0.39 is 0 Å². The van der Waals surface area contributed by atoms with E-state index in [0.29, 0.717) is 6.03 Å². The van der Waals surface area contributed by atoms with Gasteiger partial charge < -0.3 is 9.80 Å². The van der Waals surface area contributed by atoms with Gasteiger partial charge >= 0.3 is 6.03 Å². The first kappa shape index (κ1) is 12.3. The molecule has 0 atom stereocenters. The number of hydrogen-bond donors (Lipinski definition) is 0. The number of amides is 2. The number of nitrogens with zero attached hydrogens (tertiary/aromatic N) is 3. The minimum Gasteiger partial charge on any atom is -0.325 e. The van der Waals surface area contributed by atoms with Crippen molar-refractivity contribution in [2.45, 2.75) is 44.6 Å². The fourth-order valence-electron chi connectivity index (χ4n) is 3.66. The second kappa shape index (κ2) is 5.47.